The van der Waals surface area contributed by atoms with Crippen molar-refractivity contribution in [2.75, 3.05) is 27.9 Å². The number of hydrogen-bond acceptors (Lipinski definition) is 12. The van der Waals surface area contributed by atoms with E-state index in [1.54, 1.807) is 27.0 Å². The minimum atomic E-state index is -2.53. The summed E-state index contributed by atoms with van der Waals surface area (Å²) in [6.45, 7) is 13.2. The second-order valence-electron chi connectivity index (χ2n) is 20.1. The van der Waals surface area contributed by atoms with Gasteiger partial charge in [-0.2, -0.15) is 0 Å². The summed E-state index contributed by atoms with van der Waals surface area (Å²) < 4.78 is 30.3. The van der Waals surface area contributed by atoms with Crippen molar-refractivity contribution in [3.05, 3.63) is 90.1 Å². The number of carbonyl (C=O) groups is 4. The summed E-state index contributed by atoms with van der Waals surface area (Å²) in [5.74, 6) is -7.98. The molecule has 0 aromatic heterocycles. The zero-order chi connectivity index (χ0) is 49.8. The van der Waals surface area contributed by atoms with Crippen LogP contribution in [0.15, 0.2) is 84.5 Å². The molecule has 14 unspecified atom stereocenters. The SMILES string of the molecule is C=CCC1C=C(C)CC(C)CC(OC)C2OC(O)(C(=O)C(=O)N3CCCCC3C(=O)OC(C(C)=CC3CCC(O)(CC=CC=Cc4ccccc4)C(OC)C3)C(C)C(O)CC1=O)C(C)CC2OC. The lowest BCUT2D eigenvalue weighted by Crippen LogP contribution is -2.64. The minimum absolute atomic E-state index is 0.00404. The summed E-state index contributed by atoms with van der Waals surface area (Å²) in [5.41, 5.74) is 1.55. The number of aliphatic hydroxyl groups excluding tert-OH is 1. The highest BCUT2D eigenvalue weighted by Crippen LogP contribution is 2.41. The first kappa shape index (κ1) is 54.9. The first-order valence-electron chi connectivity index (χ1n) is 24.7. The number of amides is 1. The average molecular weight is 946 g/mol. The van der Waals surface area contributed by atoms with Crippen LogP contribution >= 0.6 is 0 Å². The van der Waals surface area contributed by atoms with E-state index in [2.05, 4.69) is 6.58 Å². The maximum atomic E-state index is 14.6. The molecular weight excluding hydrogens is 867 g/mol. The minimum Gasteiger partial charge on any atom is -0.456 e. The second-order valence-corrected chi connectivity index (χ2v) is 20.1. The molecule has 1 aromatic carbocycles. The molecule has 0 radical (unpaired) electrons. The Morgan fingerprint density at radius 1 is 0.926 bits per heavy atom. The van der Waals surface area contributed by atoms with E-state index in [1.165, 1.54) is 19.1 Å². The lowest BCUT2D eigenvalue weighted by Gasteiger charge is -2.47. The number of allylic oxidation sites excluding steroid dienone is 6. The maximum absolute atomic E-state index is 14.6. The number of Topliss-reactive ketones (excluding diaryl/α,β-unsaturated/α-hetero) is 2. The smallest absolute Gasteiger partial charge is 0.329 e. The Balaban J connectivity index is 1.47. The van der Waals surface area contributed by atoms with Gasteiger partial charge in [-0.15, -0.1) is 6.58 Å². The quantitative estimate of drug-likeness (QED) is 0.0855. The number of esters is 1. The number of methoxy groups -OCH3 is 3. The summed E-state index contributed by atoms with van der Waals surface area (Å²) in [7, 11) is 4.64. The van der Waals surface area contributed by atoms with Crippen molar-refractivity contribution < 1.29 is 58.2 Å². The number of hydrogen-bond donors (Lipinski definition) is 3. The molecule has 13 heteroatoms. The highest BCUT2D eigenvalue weighted by Gasteiger charge is 2.56. The maximum Gasteiger partial charge on any atom is 0.329 e. The first-order valence-corrected chi connectivity index (χ1v) is 24.7. The number of ether oxygens (including phenoxy) is 5. The van der Waals surface area contributed by atoms with Crippen LogP contribution in [0.5, 0.6) is 0 Å². The third-order valence-corrected chi connectivity index (χ3v) is 14.9. The molecule has 5 rings (SSSR count). The van der Waals surface area contributed by atoms with E-state index in [9.17, 15) is 34.5 Å². The van der Waals surface area contributed by atoms with Crippen LogP contribution in [0.1, 0.15) is 117 Å². The molecule has 1 aliphatic carbocycles. The molecule has 3 heterocycles. The summed E-state index contributed by atoms with van der Waals surface area (Å²) >= 11 is 0. The number of cyclic esters (lactones) is 1. The predicted molar refractivity (Wildman–Crippen MR) is 261 cm³/mol. The normalized spacial score (nSPS) is 36.8. The van der Waals surface area contributed by atoms with Crippen molar-refractivity contribution in [3.8, 4) is 0 Å². The second kappa shape index (κ2) is 25.2. The molecule has 3 aliphatic heterocycles. The Morgan fingerprint density at radius 2 is 1.63 bits per heavy atom. The molecule has 1 saturated carbocycles. The van der Waals surface area contributed by atoms with Gasteiger partial charge >= 0.3 is 5.97 Å². The van der Waals surface area contributed by atoms with Gasteiger partial charge in [0.05, 0.1) is 30.0 Å². The van der Waals surface area contributed by atoms with Gasteiger partial charge in [-0.05, 0) is 107 Å². The molecule has 0 spiro atoms. The van der Waals surface area contributed by atoms with Gasteiger partial charge in [0.25, 0.3) is 11.7 Å². The molecule has 2 bridgehead atoms. The zero-order valence-electron chi connectivity index (χ0n) is 41.7. The van der Waals surface area contributed by atoms with Crippen molar-refractivity contribution in [3.63, 3.8) is 0 Å². The fourth-order valence-corrected chi connectivity index (χ4v) is 10.9. The summed E-state index contributed by atoms with van der Waals surface area (Å²) in [6, 6.07) is 8.78. The van der Waals surface area contributed by atoms with Gasteiger partial charge in [-0.3, -0.25) is 14.4 Å². The van der Waals surface area contributed by atoms with Crippen molar-refractivity contribution in [2.24, 2.45) is 29.6 Å². The number of benzene rings is 1. The number of piperidine rings is 1. The van der Waals surface area contributed by atoms with Gasteiger partial charge in [0.1, 0.15) is 24.0 Å². The number of aliphatic hydroxyl groups is 3. The van der Waals surface area contributed by atoms with Crippen molar-refractivity contribution >= 4 is 29.5 Å². The van der Waals surface area contributed by atoms with E-state index in [0.29, 0.717) is 63.4 Å². The van der Waals surface area contributed by atoms with E-state index in [0.717, 1.165) is 11.1 Å². The lowest BCUT2D eigenvalue weighted by atomic mass is 9.74. The Labute approximate surface area is 404 Å². The molecule has 3 N–H and O–H groups in total. The molecule has 68 heavy (non-hydrogen) atoms. The Kier molecular flexibility index (Phi) is 20.3. The van der Waals surface area contributed by atoms with Crippen LogP contribution in [-0.4, -0.2) is 126 Å². The number of ketones is 2. The highest BCUT2D eigenvalue weighted by molar-refractivity contribution is 6.39. The molecular formula is C55H79NO12. The van der Waals surface area contributed by atoms with E-state index >= 15 is 0 Å². The monoisotopic (exact) mass is 946 g/mol. The molecule has 14 atom stereocenters. The van der Waals surface area contributed by atoms with E-state index in [-0.39, 0.29) is 43.4 Å². The standard InChI is InChI=1S/C55H79NO12/c1-10-19-42-29-35(2)28-36(3)30-46(64-7)50-47(65-8)32-38(5)55(63,68-50)51(59)52(60)56-27-18-16-23-43(56)53(61)67-49(39(6)44(57)34-45(42)58)37(4)31-41-24-26-54(62,48(33-41)66-9)25-17-12-15-22-40-20-13-11-14-21-40/h10-15,17,20-22,29,31,36,38-39,41-44,46-50,57,62-63H,1,16,18-19,23-28,30,32-34H2,2-9H3. The van der Waals surface area contributed by atoms with Gasteiger partial charge in [-0.1, -0.05) is 99.2 Å². The number of nitrogens with zero attached hydrogens (tertiary/aromatic N) is 1. The van der Waals surface area contributed by atoms with Gasteiger partial charge in [-0.25, -0.2) is 4.79 Å². The van der Waals surface area contributed by atoms with Crippen LogP contribution in [0.2, 0.25) is 0 Å². The lowest BCUT2D eigenvalue weighted by molar-refractivity contribution is -0.302. The molecule has 376 valence electrons. The molecule has 13 nitrogen and oxygen atoms in total. The van der Waals surface area contributed by atoms with Crippen LogP contribution < -0.4 is 0 Å². The van der Waals surface area contributed by atoms with E-state index in [1.807, 2.05) is 87.6 Å². The fraction of sp³-hybridized carbons (Fsp3) is 0.636. The van der Waals surface area contributed by atoms with E-state index in [4.69, 9.17) is 23.7 Å². The Hall–Kier alpha value is -4.08. The van der Waals surface area contributed by atoms with Gasteiger partial charge < -0.3 is 43.9 Å². The Bertz CT molecular complexity index is 2000. The third kappa shape index (κ3) is 13.6. The zero-order valence-corrected chi connectivity index (χ0v) is 41.7. The summed E-state index contributed by atoms with van der Waals surface area (Å²) in [6.07, 6.45) is 13.2. The first-order chi connectivity index (χ1) is 32.4. The molecule has 4 aliphatic rings. The van der Waals surface area contributed by atoms with Crippen molar-refractivity contribution in [1.82, 2.24) is 4.90 Å². The number of fused-ring (bicyclic) bond motifs is 3. The van der Waals surface area contributed by atoms with Gasteiger partial charge in [0, 0.05) is 52.0 Å². The van der Waals surface area contributed by atoms with Crippen LogP contribution in [0, 0.1) is 29.6 Å². The topological polar surface area (TPSA) is 178 Å². The number of carbonyl (C=O) groups excluding carboxylic acids is 4. The van der Waals surface area contributed by atoms with Gasteiger partial charge in [0.15, 0.2) is 0 Å². The molecule has 1 aromatic rings. The summed E-state index contributed by atoms with van der Waals surface area (Å²) in [4.78, 5) is 58.6. The average Bonchev–Trinajstić information content (AvgIpc) is 3.32. The molecule has 2 saturated heterocycles. The van der Waals surface area contributed by atoms with E-state index < -0.39 is 89.5 Å². The largest absolute Gasteiger partial charge is 0.456 e. The number of rotatable bonds is 11. The molecule has 3 fully saturated rings. The summed E-state index contributed by atoms with van der Waals surface area (Å²) in [5, 5.41) is 35.9. The van der Waals surface area contributed by atoms with Crippen LogP contribution in [0.3, 0.4) is 0 Å². The third-order valence-electron chi connectivity index (χ3n) is 14.9. The van der Waals surface area contributed by atoms with Crippen molar-refractivity contribution in [2.45, 2.75) is 166 Å². The van der Waals surface area contributed by atoms with Gasteiger partial charge in [0.2, 0.25) is 5.79 Å². The Morgan fingerprint density at radius 3 is 2.31 bits per heavy atom. The highest BCUT2D eigenvalue weighted by atomic mass is 16.7. The van der Waals surface area contributed by atoms with Crippen LogP contribution in [0.4, 0.5) is 0 Å². The predicted octanol–water partition coefficient (Wildman–Crippen LogP) is 7.67. The van der Waals surface area contributed by atoms with Crippen LogP contribution in [0.25, 0.3) is 6.08 Å². The fourth-order valence-electron chi connectivity index (χ4n) is 10.9. The van der Waals surface area contributed by atoms with Crippen LogP contribution in [-0.2, 0) is 42.9 Å². The molecule has 1 amide bonds. The van der Waals surface area contributed by atoms with Crippen molar-refractivity contribution in [1.29, 1.82) is 0 Å².